The van der Waals surface area contributed by atoms with E-state index < -0.39 is 17.4 Å². The van der Waals surface area contributed by atoms with E-state index in [2.05, 4.69) is 10.9 Å². The highest BCUT2D eigenvalue weighted by Crippen LogP contribution is 2.34. The fourth-order valence-corrected chi connectivity index (χ4v) is 4.17. The largest absolute Gasteiger partial charge is 0.443 e. The molecule has 0 aromatic carbocycles. The Balaban J connectivity index is 1.92. The molecule has 0 radical (unpaired) electrons. The van der Waals surface area contributed by atoms with Crippen LogP contribution in [0.25, 0.3) is 10.2 Å². The van der Waals surface area contributed by atoms with Crippen LogP contribution in [0.4, 0.5) is 4.79 Å². The van der Waals surface area contributed by atoms with Gasteiger partial charge < -0.3 is 4.74 Å². The summed E-state index contributed by atoms with van der Waals surface area (Å²) in [5, 5.41) is 9.58. The molecule has 0 spiro atoms. The molecule has 2 N–H and O–H groups in total. The van der Waals surface area contributed by atoms with E-state index in [9.17, 15) is 14.4 Å². The zero-order chi connectivity index (χ0) is 20.6. The third-order valence-corrected chi connectivity index (χ3v) is 5.64. The monoisotopic (exact) mass is 405 g/mol. The minimum absolute atomic E-state index is 0.0796. The van der Waals surface area contributed by atoms with Gasteiger partial charge in [-0.2, -0.15) is 5.26 Å². The summed E-state index contributed by atoms with van der Waals surface area (Å²) in [5.41, 5.74) is 4.63. The Morgan fingerprint density at radius 1 is 1.36 bits per heavy atom. The van der Waals surface area contributed by atoms with Gasteiger partial charge in [0.1, 0.15) is 17.0 Å². The number of nitrogens with zero attached hydrogens (tertiary/aromatic N) is 3. The van der Waals surface area contributed by atoms with E-state index in [1.54, 1.807) is 20.8 Å². The van der Waals surface area contributed by atoms with E-state index in [1.807, 2.05) is 13.0 Å². The quantitative estimate of drug-likeness (QED) is 0.734. The van der Waals surface area contributed by atoms with Crippen LogP contribution in [0.2, 0.25) is 0 Å². The summed E-state index contributed by atoms with van der Waals surface area (Å²) in [4.78, 5) is 38.7. The second-order valence-electron chi connectivity index (χ2n) is 7.74. The molecule has 0 atom stereocenters. The van der Waals surface area contributed by atoms with Crippen molar-refractivity contribution in [3.8, 4) is 6.07 Å². The minimum atomic E-state index is -0.611. The van der Waals surface area contributed by atoms with Gasteiger partial charge in [0.2, 0.25) is 0 Å². The Morgan fingerprint density at radius 3 is 2.61 bits per heavy atom. The van der Waals surface area contributed by atoms with Crippen LogP contribution in [0.15, 0.2) is 9.59 Å². The number of aryl methyl sites for hydroxylation is 1. The predicted octanol–water partition coefficient (Wildman–Crippen LogP) is 1.92. The number of nitrogens with one attached hydrogen (secondary N) is 2. The summed E-state index contributed by atoms with van der Waals surface area (Å²) in [6.07, 6.45) is 0.985. The van der Waals surface area contributed by atoms with E-state index in [4.69, 9.17) is 10.00 Å². The van der Waals surface area contributed by atoms with Crippen molar-refractivity contribution < 1.29 is 9.53 Å². The molecule has 10 heteroatoms. The number of amides is 1. The van der Waals surface area contributed by atoms with Crippen LogP contribution in [0, 0.1) is 18.3 Å². The predicted molar refractivity (Wildman–Crippen MR) is 105 cm³/mol. The Bertz CT molecular complexity index is 1080. The molecule has 3 rings (SSSR count). The molecule has 150 valence electrons. The van der Waals surface area contributed by atoms with Crippen molar-refractivity contribution in [1.82, 2.24) is 20.0 Å². The highest BCUT2D eigenvalue weighted by Gasteiger charge is 2.30. The molecular weight excluding hydrogens is 382 g/mol. The molecule has 2 heterocycles. The molecule has 1 aliphatic rings. The summed E-state index contributed by atoms with van der Waals surface area (Å²) in [7, 11) is 0. The number of hydrogen-bond acceptors (Lipinski definition) is 7. The van der Waals surface area contributed by atoms with Gasteiger partial charge in [0.25, 0.3) is 5.56 Å². The average Bonchev–Trinajstić information content (AvgIpc) is 3.35. The SMILES string of the molecule is Cc1c(CNNC(=O)OC(C)(C)C)sc2c1c(=O)n(C1CC1)c(=O)n2CC#N. The van der Waals surface area contributed by atoms with Crippen LogP contribution in [-0.4, -0.2) is 20.8 Å². The zero-order valence-electron chi connectivity index (χ0n) is 16.3. The van der Waals surface area contributed by atoms with Gasteiger partial charge in [0.05, 0.1) is 11.5 Å². The number of hydrogen-bond donors (Lipinski definition) is 2. The summed E-state index contributed by atoms with van der Waals surface area (Å²) in [6.45, 7) is 7.24. The number of carbonyl (C=O) groups is 1. The number of rotatable bonds is 5. The lowest BCUT2D eigenvalue weighted by atomic mass is 10.2. The maximum atomic E-state index is 12.9. The van der Waals surface area contributed by atoms with Crippen molar-refractivity contribution in [3.05, 3.63) is 31.3 Å². The van der Waals surface area contributed by atoms with Crippen molar-refractivity contribution in [2.75, 3.05) is 0 Å². The van der Waals surface area contributed by atoms with Gasteiger partial charge in [-0.15, -0.1) is 11.3 Å². The van der Waals surface area contributed by atoms with E-state index in [-0.39, 0.29) is 24.7 Å². The van der Waals surface area contributed by atoms with Gasteiger partial charge in [0, 0.05) is 17.5 Å². The average molecular weight is 405 g/mol. The fraction of sp³-hybridized carbons (Fsp3) is 0.556. The molecular formula is C18H23N5O4S. The van der Waals surface area contributed by atoms with Gasteiger partial charge in [-0.3, -0.25) is 19.4 Å². The lowest BCUT2D eigenvalue weighted by Crippen LogP contribution is -2.40. The van der Waals surface area contributed by atoms with Crippen molar-refractivity contribution >= 4 is 27.6 Å². The third kappa shape index (κ3) is 3.95. The maximum Gasteiger partial charge on any atom is 0.422 e. The summed E-state index contributed by atoms with van der Waals surface area (Å²) in [6, 6.07) is 1.92. The molecule has 1 aliphatic carbocycles. The number of ether oxygens (including phenoxy) is 1. The van der Waals surface area contributed by atoms with Gasteiger partial charge >= 0.3 is 11.8 Å². The smallest absolute Gasteiger partial charge is 0.422 e. The van der Waals surface area contributed by atoms with Crippen LogP contribution in [0.1, 0.15) is 50.1 Å². The molecule has 0 unspecified atom stereocenters. The molecule has 0 bridgehead atoms. The summed E-state index contributed by atoms with van der Waals surface area (Å²) < 4.78 is 7.79. The van der Waals surface area contributed by atoms with Crippen LogP contribution in [-0.2, 0) is 17.8 Å². The van der Waals surface area contributed by atoms with E-state index >= 15 is 0 Å². The van der Waals surface area contributed by atoms with Crippen molar-refractivity contribution in [3.63, 3.8) is 0 Å². The van der Waals surface area contributed by atoms with Gasteiger partial charge in [-0.25, -0.2) is 15.0 Å². The van der Waals surface area contributed by atoms with Crippen molar-refractivity contribution in [1.29, 1.82) is 5.26 Å². The molecule has 0 saturated heterocycles. The minimum Gasteiger partial charge on any atom is -0.443 e. The Morgan fingerprint density at radius 2 is 2.04 bits per heavy atom. The van der Waals surface area contributed by atoms with E-state index in [0.29, 0.717) is 10.2 Å². The lowest BCUT2D eigenvalue weighted by Gasteiger charge is -2.19. The number of hydrazine groups is 1. The first-order chi connectivity index (χ1) is 13.1. The Labute approximate surface area is 165 Å². The molecule has 2 aromatic heterocycles. The molecule has 1 amide bonds. The highest BCUT2D eigenvalue weighted by molar-refractivity contribution is 7.18. The third-order valence-electron chi connectivity index (χ3n) is 4.32. The van der Waals surface area contributed by atoms with E-state index in [0.717, 1.165) is 23.3 Å². The fourth-order valence-electron chi connectivity index (χ4n) is 2.94. The van der Waals surface area contributed by atoms with Crippen molar-refractivity contribution in [2.24, 2.45) is 0 Å². The van der Waals surface area contributed by atoms with Crippen LogP contribution in [0.5, 0.6) is 0 Å². The molecule has 1 fully saturated rings. The first-order valence-corrected chi connectivity index (χ1v) is 9.81. The number of thiophene rings is 1. The molecule has 1 saturated carbocycles. The first-order valence-electron chi connectivity index (χ1n) is 9.00. The van der Waals surface area contributed by atoms with Crippen LogP contribution < -0.4 is 22.1 Å². The first kappa shape index (κ1) is 20.1. The number of nitriles is 1. The highest BCUT2D eigenvalue weighted by atomic mass is 32.1. The molecule has 2 aromatic rings. The van der Waals surface area contributed by atoms with Crippen LogP contribution in [0.3, 0.4) is 0 Å². The Kier molecular flexibility index (Phi) is 5.32. The number of fused-ring (bicyclic) bond motifs is 1. The lowest BCUT2D eigenvalue weighted by molar-refractivity contribution is 0.0497. The number of aromatic nitrogens is 2. The normalized spacial score (nSPS) is 14.1. The summed E-state index contributed by atoms with van der Waals surface area (Å²) in [5.74, 6) is 0. The molecule has 0 aliphatic heterocycles. The second kappa shape index (κ2) is 7.41. The van der Waals surface area contributed by atoms with Gasteiger partial charge in [-0.05, 0) is 46.1 Å². The number of carbonyl (C=O) groups excluding carboxylic acids is 1. The van der Waals surface area contributed by atoms with Crippen LogP contribution >= 0.6 is 11.3 Å². The molecule has 28 heavy (non-hydrogen) atoms. The van der Waals surface area contributed by atoms with Gasteiger partial charge in [0.15, 0.2) is 0 Å². The standard InChI is InChI=1S/C18H23N5O4S/c1-10-12(9-20-21-16(25)27-18(2,3)4)28-15-13(10)14(24)23(11-5-6-11)17(26)22(15)8-7-19/h11,20H,5-6,8-9H2,1-4H3,(H,21,25). The summed E-state index contributed by atoms with van der Waals surface area (Å²) >= 11 is 1.27. The zero-order valence-corrected chi connectivity index (χ0v) is 17.1. The van der Waals surface area contributed by atoms with Crippen molar-refractivity contribution in [2.45, 2.75) is 65.3 Å². The molecule has 9 nitrogen and oxygen atoms in total. The van der Waals surface area contributed by atoms with E-state index in [1.165, 1.54) is 20.5 Å². The second-order valence-corrected chi connectivity index (χ2v) is 8.83. The Hall–Kier alpha value is -2.64. The maximum absolute atomic E-state index is 12.9. The van der Waals surface area contributed by atoms with Gasteiger partial charge in [-0.1, -0.05) is 0 Å². The topological polar surface area (TPSA) is 118 Å².